The van der Waals surface area contributed by atoms with Crippen LogP contribution in [0.25, 0.3) is 17.1 Å². The van der Waals surface area contributed by atoms with Gasteiger partial charge in [0.15, 0.2) is 5.82 Å². The fraction of sp³-hybridized carbons (Fsp3) is 0.333. The second-order valence-electron chi connectivity index (χ2n) is 6.15. The van der Waals surface area contributed by atoms with E-state index in [4.69, 9.17) is 0 Å². The van der Waals surface area contributed by atoms with Crippen LogP contribution in [0.1, 0.15) is 32.2 Å². The zero-order valence-electron chi connectivity index (χ0n) is 15.5. The SMILES string of the molecule is CCc1cccc(-c2nnc(C)n2-c2ccc(N(CC)CC)cc2)c1. The molecule has 0 bridgehead atoms. The Bertz CT molecular complexity index is 829. The first kappa shape index (κ1) is 17.2. The van der Waals surface area contributed by atoms with Gasteiger partial charge in [0.05, 0.1) is 0 Å². The van der Waals surface area contributed by atoms with Crippen LogP contribution in [0.4, 0.5) is 5.69 Å². The molecule has 0 N–H and O–H groups in total. The molecule has 0 saturated carbocycles. The van der Waals surface area contributed by atoms with Gasteiger partial charge in [-0.05, 0) is 63.1 Å². The molecule has 3 aromatic rings. The van der Waals surface area contributed by atoms with Gasteiger partial charge < -0.3 is 4.90 Å². The lowest BCUT2D eigenvalue weighted by Crippen LogP contribution is -2.21. The van der Waals surface area contributed by atoms with Gasteiger partial charge in [-0.3, -0.25) is 4.57 Å². The standard InChI is InChI=1S/C21H26N4/c1-5-17-9-8-10-18(15-17)21-23-22-16(4)25(21)20-13-11-19(12-14-20)24(6-2)7-3/h8-15H,5-7H2,1-4H3. The van der Waals surface area contributed by atoms with Crippen molar-refractivity contribution in [2.75, 3.05) is 18.0 Å². The highest BCUT2D eigenvalue weighted by atomic mass is 15.3. The van der Waals surface area contributed by atoms with Gasteiger partial charge >= 0.3 is 0 Å². The minimum atomic E-state index is 0.892. The number of hydrogen-bond donors (Lipinski definition) is 0. The van der Waals surface area contributed by atoms with Crippen LogP contribution in [0.5, 0.6) is 0 Å². The third kappa shape index (κ3) is 3.43. The minimum absolute atomic E-state index is 0.892. The predicted molar refractivity (Wildman–Crippen MR) is 104 cm³/mol. The molecule has 0 atom stereocenters. The van der Waals surface area contributed by atoms with Crippen molar-refractivity contribution in [3.05, 3.63) is 59.9 Å². The molecular formula is C21H26N4. The number of hydrogen-bond acceptors (Lipinski definition) is 3. The number of aromatic nitrogens is 3. The number of nitrogens with zero attached hydrogens (tertiary/aromatic N) is 4. The molecule has 130 valence electrons. The van der Waals surface area contributed by atoms with Crippen molar-refractivity contribution in [1.82, 2.24) is 14.8 Å². The summed E-state index contributed by atoms with van der Waals surface area (Å²) in [5, 5.41) is 8.75. The number of aryl methyl sites for hydroxylation is 2. The van der Waals surface area contributed by atoms with Gasteiger partial charge in [-0.2, -0.15) is 0 Å². The van der Waals surface area contributed by atoms with E-state index in [9.17, 15) is 0 Å². The van der Waals surface area contributed by atoms with E-state index < -0.39 is 0 Å². The van der Waals surface area contributed by atoms with Crippen molar-refractivity contribution in [3.8, 4) is 17.1 Å². The van der Waals surface area contributed by atoms with Crippen LogP contribution < -0.4 is 4.90 Å². The third-order valence-electron chi connectivity index (χ3n) is 4.65. The molecule has 1 aromatic heterocycles. The minimum Gasteiger partial charge on any atom is -0.372 e. The van der Waals surface area contributed by atoms with Gasteiger partial charge in [0.25, 0.3) is 0 Å². The molecule has 25 heavy (non-hydrogen) atoms. The van der Waals surface area contributed by atoms with E-state index >= 15 is 0 Å². The Labute approximate surface area is 150 Å². The Hall–Kier alpha value is -2.62. The second kappa shape index (κ2) is 7.51. The molecule has 0 aliphatic rings. The van der Waals surface area contributed by atoms with Crippen LogP contribution in [-0.2, 0) is 6.42 Å². The highest BCUT2D eigenvalue weighted by Crippen LogP contribution is 2.25. The van der Waals surface area contributed by atoms with Crippen LogP contribution in [0.15, 0.2) is 48.5 Å². The van der Waals surface area contributed by atoms with Crippen molar-refractivity contribution in [2.24, 2.45) is 0 Å². The summed E-state index contributed by atoms with van der Waals surface area (Å²) in [7, 11) is 0. The first-order valence-electron chi connectivity index (χ1n) is 9.04. The zero-order valence-corrected chi connectivity index (χ0v) is 15.5. The van der Waals surface area contributed by atoms with E-state index in [0.29, 0.717) is 0 Å². The Morgan fingerprint density at radius 2 is 1.64 bits per heavy atom. The van der Waals surface area contributed by atoms with E-state index in [1.807, 2.05) is 6.92 Å². The molecule has 4 heteroatoms. The monoisotopic (exact) mass is 334 g/mol. The lowest BCUT2D eigenvalue weighted by molar-refractivity contribution is 0.865. The summed E-state index contributed by atoms with van der Waals surface area (Å²) < 4.78 is 2.13. The van der Waals surface area contributed by atoms with Crippen molar-refractivity contribution in [3.63, 3.8) is 0 Å². The fourth-order valence-electron chi connectivity index (χ4n) is 3.19. The summed E-state index contributed by atoms with van der Waals surface area (Å²) in [5.41, 5.74) is 4.75. The summed E-state index contributed by atoms with van der Waals surface area (Å²) in [6.45, 7) is 10.5. The number of anilines is 1. The molecule has 0 saturated heterocycles. The average Bonchev–Trinajstić information content (AvgIpc) is 3.05. The van der Waals surface area contributed by atoms with E-state index in [-0.39, 0.29) is 0 Å². The molecular weight excluding hydrogens is 308 g/mol. The van der Waals surface area contributed by atoms with Crippen LogP contribution in [-0.4, -0.2) is 27.9 Å². The van der Waals surface area contributed by atoms with Gasteiger partial charge in [0, 0.05) is 30.0 Å². The van der Waals surface area contributed by atoms with Crippen molar-refractivity contribution >= 4 is 5.69 Å². The Balaban J connectivity index is 2.02. The summed E-state index contributed by atoms with van der Waals surface area (Å²) in [6, 6.07) is 17.2. The Morgan fingerprint density at radius 3 is 2.28 bits per heavy atom. The molecule has 0 fully saturated rings. The average molecular weight is 334 g/mol. The van der Waals surface area contributed by atoms with Crippen LogP contribution in [0.2, 0.25) is 0 Å². The highest BCUT2D eigenvalue weighted by Gasteiger charge is 2.13. The maximum atomic E-state index is 4.43. The lowest BCUT2D eigenvalue weighted by atomic mass is 10.1. The molecule has 0 amide bonds. The summed E-state index contributed by atoms with van der Waals surface area (Å²) in [6.07, 6.45) is 1.01. The van der Waals surface area contributed by atoms with Crippen LogP contribution in [0, 0.1) is 6.92 Å². The van der Waals surface area contributed by atoms with E-state index in [1.165, 1.54) is 11.3 Å². The smallest absolute Gasteiger partial charge is 0.168 e. The molecule has 0 radical (unpaired) electrons. The molecule has 4 nitrogen and oxygen atoms in total. The second-order valence-corrected chi connectivity index (χ2v) is 6.15. The van der Waals surface area contributed by atoms with Gasteiger partial charge in [0.2, 0.25) is 0 Å². The molecule has 0 aliphatic carbocycles. The van der Waals surface area contributed by atoms with Gasteiger partial charge in [-0.15, -0.1) is 10.2 Å². The molecule has 0 unspecified atom stereocenters. The number of rotatable bonds is 6. The molecule has 0 spiro atoms. The summed E-state index contributed by atoms with van der Waals surface area (Å²) in [4.78, 5) is 2.34. The fourth-order valence-corrected chi connectivity index (χ4v) is 3.19. The normalized spacial score (nSPS) is 10.9. The summed E-state index contributed by atoms with van der Waals surface area (Å²) >= 11 is 0. The summed E-state index contributed by atoms with van der Waals surface area (Å²) in [5.74, 6) is 1.79. The van der Waals surface area contributed by atoms with Gasteiger partial charge in [-0.1, -0.05) is 25.1 Å². The zero-order chi connectivity index (χ0) is 17.8. The number of benzene rings is 2. The van der Waals surface area contributed by atoms with E-state index in [0.717, 1.165) is 42.4 Å². The first-order valence-corrected chi connectivity index (χ1v) is 9.04. The molecule has 2 aromatic carbocycles. The van der Waals surface area contributed by atoms with Crippen molar-refractivity contribution in [2.45, 2.75) is 34.1 Å². The highest BCUT2D eigenvalue weighted by molar-refractivity contribution is 5.61. The van der Waals surface area contributed by atoms with Crippen LogP contribution >= 0.6 is 0 Å². The maximum absolute atomic E-state index is 4.43. The Morgan fingerprint density at radius 1 is 0.920 bits per heavy atom. The first-order chi connectivity index (χ1) is 12.2. The molecule has 1 heterocycles. The van der Waals surface area contributed by atoms with Crippen LogP contribution in [0.3, 0.4) is 0 Å². The topological polar surface area (TPSA) is 34.0 Å². The van der Waals surface area contributed by atoms with Gasteiger partial charge in [-0.25, -0.2) is 0 Å². The Kier molecular flexibility index (Phi) is 5.17. The van der Waals surface area contributed by atoms with Crippen molar-refractivity contribution in [1.29, 1.82) is 0 Å². The van der Waals surface area contributed by atoms with E-state index in [2.05, 4.69) is 89.0 Å². The molecule has 3 rings (SSSR count). The molecule has 0 aliphatic heterocycles. The quantitative estimate of drug-likeness (QED) is 0.658. The van der Waals surface area contributed by atoms with Crippen molar-refractivity contribution < 1.29 is 0 Å². The predicted octanol–water partition coefficient (Wildman–Crippen LogP) is 4.65. The largest absolute Gasteiger partial charge is 0.372 e. The maximum Gasteiger partial charge on any atom is 0.168 e. The van der Waals surface area contributed by atoms with Gasteiger partial charge in [0.1, 0.15) is 5.82 Å². The lowest BCUT2D eigenvalue weighted by Gasteiger charge is -2.21. The van der Waals surface area contributed by atoms with E-state index in [1.54, 1.807) is 0 Å². The third-order valence-corrected chi connectivity index (χ3v) is 4.65.